The molecule has 2 aromatic carbocycles. The lowest BCUT2D eigenvalue weighted by atomic mass is 10.1. The standard InChI is InChI=1S/C17H14ClFN2O2/c18-13-7-4-8-14(19)16(13)17(23)20-11-9-15(22)21(10-11)12-5-2-1-3-6-12/h1-8,11H,9-10H2,(H,20,23)/t11-/m1/s1. The Balaban J connectivity index is 1.73. The molecule has 0 unspecified atom stereocenters. The van der Waals surface area contributed by atoms with Gasteiger partial charge in [-0.05, 0) is 24.3 Å². The van der Waals surface area contributed by atoms with Crippen molar-refractivity contribution in [2.75, 3.05) is 11.4 Å². The summed E-state index contributed by atoms with van der Waals surface area (Å²) >= 11 is 5.88. The van der Waals surface area contributed by atoms with E-state index in [2.05, 4.69) is 5.32 Å². The zero-order chi connectivity index (χ0) is 16.4. The molecule has 3 rings (SSSR count). The van der Waals surface area contributed by atoms with Crippen molar-refractivity contribution in [3.63, 3.8) is 0 Å². The predicted molar refractivity (Wildman–Crippen MR) is 86.1 cm³/mol. The van der Waals surface area contributed by atoms with E-state index < -0.39 is 11.7 Å². The Hall–Kier alpha value is -2.40. The Kier molecular flexibility index (Phi) is 4.30. The van der Waals surface area contributed by atoms with Gasteiger partial charge in [-0.1, -0.05) is 35.9 Å². The molecule has 4 nitrogen and oxygen atoms in total. The van der Waals surface area contributed by atoms with Gasteiger partial charge in [0.25, 0.3) is 5.91 Å². The summed E-state index contributed by atoms with van der Waals surface area (Å²) in [6.07, 6.45) is 0.173. The molecule has 1 atom stereocenters. The van der Waals surface area contributed by atoms with Gasteiger partial charge in [-0.25, -0.2) is 4.39 Å². The quantitative estimate of drug-likeness (QED) is 0.939. The van der Waals surface area contributed by atoms with Crippen LogP contribution in [-0.4, -0.2) is 24.4 Å². The van der Waals surface area contributed by atoms with Gasteiger partial charge in [0.1, 0.15) is 5.82 Å². The first-order valence-electron chi connectivity index (χ1n) is 7.16. The van der Waals surface area contributed by atoms with Gasteiger partial charge >= 0.3 is 0 Å². The van der Waals surface area contributed by atoms with Crippen molar-refractivity contribution in [2.24, 2.45) is 0 Å². The van der Waals surface area contributed by atoms with Gasteiger partial charge in [0.15, 0.2) is 0 Å². The fourth-order valence-corrected chi connectivity index (χ4v) is 2.88. The zero-order valence-corrected chi connectivity index (χ0v) is 12.9. The minimum Gasteiger partial charge on any atom is -0.347 e. The molecule has 23 heavy (non-hydrogen) atoms. The summed E-state index contributed by atoms with van der Waals surface area (Å²) < 4.78 is 13.8. The monoisotopic (exact) mass is 332 g/mol. The minimum absolute atomic E-state index is 0.0479. The van der Waals surface area contributed by atoms with E-state index in [0.29, 0.717) is 6.54 Å². The third kappa shape index (κ3) is 3.19. The highest BCUT2D eigenvalue weighted by molar-refractivity contribution is 6.33. The van der Waals surface area contributed by atoms with Crippen molar-refractivity contribution in [1.29, 1.82) is 0 Å². The third-order valence-corrected chi connectivity index (χ3v) is 4.03. The summed E-state index contributed by atoms with van der Waals surface area (Å²) in [4.78, 5) is 25.9. The van der Waals surface area contributed by atoms with Crippen LogP contribution in [0, 0.1) is 5.82 Å². The van der Waals surface area contributed by atoms with Crippen LogP contribution in [0.15, 0.2) is 48.5 Å². The zero-order valence-electron chi connectivity index (χ0n) is 12.1. The number of halogens is 2. The van der Waals surface area contributed by atoms with Gasteiger partial charge in [-0.15, -0.1) is 0 Å². The number of amides is 2. The lowest BCUT2D eigenvalue weighted by molar-refractivity contribution is -0.117. The number of hydrogen-bond acceptors (Lipinski definition) is 2. The van der Waals surface area contributed by atoms with E-state index in [1.807, 2.05) is 30.3 Å². The minimum atomic E-state index is -0.681. The molecule has 1 N–H and O–H groups in total. The summed E-state index contributed by atoms with van der Waals surface area (Å²) in [5.74, 6) is -1.37. The normalized spacial score (nSPS) is 17.4. The molecule has 1 saturated heterocycles. The van der Waals surface area contributed by atoms with E-state index in [0.717, 1.165) is 5.69 Å². The van der Waals surface area contributed by atoms with Crippen molar-refractivity contribution >= 4 is 29.1 Å². The molecule has 1 heterocycles. The van der Waals surface area contributed by atoms with Crippen LogP contribution in [0.4, 0.5) is 10.1 Å². The van der Waals surface area contributed by atoms with Crippen LogP contribution in [0.25, 0.3) is 0 Å². The van der Waals surface area contributed by atoms with E-state index in [9.17, 15) is 14.0 Å². The van der Waals surface area contributed by atoms with Gasteiger partial charge in [0.2, 0.25) is 5.91 Å². The Morgan fingerprint density at radius 1 is 1.17 bits per heavy atom. The molecule has 0 saturated carbocycles. The fraction of sp³-hybridized carbons (Fsp3) is 0.176. The SMILES string of the molecule is O=C(N[C@@H]1CC(=O)N(c2ccccc2)C1)c1c(F)cccc1Cl. The highest BCUT2D eigenvalue weighted by Gasteiger charge is 2.32. The number of benzene rings is 2. The number of para-hydroxylation sites is 1. The Bertz CT molecular complexity index is 731. The number of carbonyl (C=O) groups excluding carboxylic acids is 2. The Labute approximate surface area is 137 Å². The van der Waals surface area contributed by atoms with Gasteiger partial charge in [-0.3, -0.25) is 9.59 Å². The summed E-state index contributed by atoms with van der Waals surface area (Å²) in [6.45, 7) is 0.348. The Morgan fingerprint density at radius 2 is 1.91 bits per heavy atom. The fourth-order valence-electron chi connectivity index (χ4n) is 2.63. The van der Waals surface area contributed by atoms with Crippen molar-refractivity contribution in [2.45, 2.75) is 12.5 Å². The predicted octanol–water partition coefficient (Wildman–Crippen LogP) is 3.01. The maximum Gasteiger partial charge on any atom is 0.256 e. The van der Waals surface area contributed by atoms with Gasteiger partial charge in [0, 0.05) is 18.7 Å². The topological polar surface area (TPSA) is 49.4 Å². The molecule has 0 bridgehead atoms. The van der Waals surface area contributed by atoms with Gasteiger partial charge in [0.05, 0.1) is 16.6 Å². The second kappa shape index (κ2) is 6.38. The highest BCUT2D eigenvalue weighted by Crippen LogP contribution is 2.23. The molecule has 0 radical (unpaired) electrons. The second-order valence-electron chi connectivity index (χ2n) is 5.31. The first kappa shape index (κ1) is 15.5. The lowest BCUT2D eigenvalue weighted by Crippen LogP contribution is -2.37. The van der Waals surface area contributed by atoms with Crippen LogP contribution in [0.3, 0.4) is 0 Å². The third-order valence-electron chi connectivity index (χ3n) is 3.72. The van der Waals surface area contributed by atoms with Crippen molar-refractivity contribution in [1.82, 2.24) is 5.32 Å². The lowest BCUT2D eigenvalue weighted by Gasteiger charge is -2.17. The number of rotatable bonds is 3. The largest absolute Gasteiger partial charge is 0.347 e. The molecule has 0 aromatic heterocycles. The number of hydrogen-bond donors (Lipinski definition) is 1. The van der Waals surface area contributed by atoms with Crippen LogP contribution in [0.5, 0.6) is 0 Å². The molecule has 2 aromatic rings. The summed E-state index contributed by atoms with van der Waals surface area (Å²) in [7, 11) is 0. The summed E-state index contributed by atoms with van der Waals surface area (Å²) in [5, 5.41) is 2.73. The molecule has 6 heteroatoms. The van der Waals surface area contributed by atoms with Gasteiger partial charge < -0.3 is 10.2 Å². The van der Waals surface area contributed by atoms with E-state index in [1.165, 1.54) is 18.2 Å². The maximum absolute atomic E-state index is 13.8. The molecule has 1 aliphatic rings. The Morgan fingerprint density at radius 3 is 2.61 bits per heavy atom. The molecular formula is C17H14ClFN2O2. The summed E-state index contributed by atoms with van der Waals surface area (Å²) in [5.41, 5.74) is 0.581. The first-order valence-corrected chi connectivity index (χ1v) is 7.54. The summed E-state index contributed by atoms with van der Waals surface area (Å²) in [6, 6.07) is 12.9. The van der Waals surface area contributed by atoms with E-state index in [4.69, 9.17) is 11.6 Å². The molecule has 0 spiro atoms. The van der Waals surface area contributed by atoms with Crippen LogP contribution >= 0.6 is 11.6 Å². The van der Waals surface area contributed by atoms with E-state index >= 15 is 0 Å². The molecule has 118 valence electrons. The average molecular weight is 333 g/mol. The molecular weight excluding hydrogens is 319 g/mol. The number of anilines is 1. The van der Waals surface area contributed by atoms with Crippen molar-refractivity contribution < 1.29 is 14.0 Å². The van der Waals surface area contributed by atoms with Crippen LogP contribution in [-0.2, 0) is 4.79 Å². The molecule has 0 aliphatic carbocycles. The van der Waals surface area contributed by atoms with Gasteiger partial charge in [-0.2, -0.15) is 0 Å². The van der Waals surface area contributed by atoms with Crippen LogP contribution in [0.1, 0.15) is 16.8 Å². The van der Waals surface area contributed by atoms with Crippen LogP contribution in [0.2, 0.25) is 5.02 Å². The van der Waals surface area contributed by atoms with Crippen molar-refractivity contribution in [3.8, 4) is 0 Å². The average Bonchev–Trinajstić information content (AvgIpc) is 2.88. The molecule has 1 fully saturated rings. The maximum atomic E-state index is 13.8. The molecule has 1 aliphatic heterocycles. The smallest absolute Gasteiger partial charge is 0.256 e. The number of nitrogens with one attached hydrogen (secondary N) is 1. The van der Waals surface area contributed by atoms with E-state index in [-0.39, 0.29) is 29.0 Å². The number of nitrogens with zero attached hydrogens (tertiary/aromatic N) is 1. The molecule has 2 amide bonds. The van der Waals surface area contributed by atoms with Crippen LogP contribution < -0.4 is 10.2 Å². The highest BCUT2D eigenvalue weighted by atomic mass is 35.5. The number of carbonyl (C=O) groups is 2. The first-order chi connectivity index (χ1) is 11.1. The van der Waals surface area contributed by atoms with E-state index in [1.54, 1.807) is 4.90 Å². The second-order valence-corrected chi connectivity index (χ2v) is 5.72. The van der Waals surface area contributed by atoms with Crippen molar-refractivity contribution in [3.05, 3.63) is 64.9 Å².